The summed E-state index contributed by atoms with van der Waals surface area (Å²) in [6.07, 6.45) is 1.65. The molecule has 4 aromatic rings. The van der Waals surface area contributed by atoms with E-state index in [1.54, 1.807) is 0 Å². The Morgan fingerprint density at radius 3 is 1.58 bits per heavy atom. The molecule has 0 unspecified atom stereocenters. The van der Waals surface area contributed by atoms with E-state index >= 15 is 0 Å². The first kappa shape index (κ1) is 18.0. The summed E-state index contributed by atoms with van der Waals surface area (Å²) < 4.78 is 0. The van der Waals surface area contributed by atoms with Gasteiger partial charge in [-0.25, -0.2) is 0 Å². The second-order valence-corrected chi connectivity index (χ2v) is 8.25. The van der Waals surface area contributed by atoms with Gasteiger partial charge in [0.15, 0.2) is 0 Å². The molecule has 6 rings (SSSR count). The van der Waals surface area contributed by atoms with Gasteiger partial charge in [0.1, 0.15) is 6.54 Å². The highest BCUT2D eigenvalue weighted by atomic mass is 16.4. The van der Waals surface area contributed by atoms with Crippen molar-refractivity contribution in [3.63, 3.8) is 0 Å². The number of carbonyl (C=O) groups is 1. The van der Waals surface area contributed by atoms with Crippen LogP contribution in [0.3, 0.4) is 0 Å². The van der Waals surface area contributed by atoms with Gasteiger partial charge in [-0.15, -0.1) is 0 Å². The van der Waals surface area contributed by atoms with Gasteiger partial charge in [0.05, 0.1) is 0 Å². The summed E-state index contributed by atoms with van der Waals surface area (Å²) in [4.78, 5) is 13.9. The van der Waals surface area contributed by atoms with E-state index in [1.807, 2.05) is 17.0 Å². The monoisotopic (exact) mass is 403 g/mol. The van der Waals surface area contributed by atoms with Crippen LogP contribution >= 0.6 is 0 Å². The molecular formula is C28H21NO2. The second-order valence-electron chi connectivity index (χ2n) is 8.25. The van der Waals surface area contributed by atoms with Crippen LogP contribution in [-0.2, 0) is 17.6 Å². The van der Waals surface area contributed by atoms with Crippen LogP contribution < -0.4 is 4.90 Å². The van der Waals surface area contributed by atoms with Crippen LogP contribution in [0.4, 0.5) is 11.4 Å². The highest BCUT2D eigenvalue weighted by Crippen LogP contribution is 2.46. The van der Waals surface area contributed by atoms with Crippen molar-refractivity contribution in [3.05, 3.63) is 107 Å². The minimum absolute atomic E-state index is 0.0698. The third-order valence-electron chi connectivity index (χ3n) is 6.53. The molecule has 3 nitrogen and oxygen atoms in total. The number of hydrogen-bond donors (Lipinski definition) is 1. The zero-order valence-corrected chi connectivity index (χ0v) is 17.0. The van der Waals surface area contributed by atoms with Crippen molar-refractivity contribution in [1.29, 1.82) is 0 Å². The number of anilines is 2. The quantitative estimate of drug-likeness (QED) is 0.389. The maximum atomic E-state index is 12.0. The van der Waals surface area contributed by atoms with E-state index in [1.165, 1.54) is 44.5 Å². The van der Waals surface area contributed by atoms with Crippen molar-refractivity contribution in [2.45, 2.75) is 12.8 Å². The third-order valence-corrected chi connectivity index (χ3v) is 6.53. The van der Waals surface area contributed by atoms with Crippen LogP contribution in [0.2, 0.25) is 0 Å². The normalized spacial score (nSPS) is 12.6. The van der Waals surface area contributed by atoms with Gasteiger partial charge in [-0.1, -0.05) is 72.8 Å². The topological polar surface area (TPSA) is 40.5 Å². The predicted octanol–water partition coefficient (Wildman–Crippen LogP) is 6.05. The lowest BCUT2D eigenvalue weighted by atomic mass is 10.0. The molecule has 0 aromatic heterocycles. The highest BCUT2D eigenvalue weighted by Gasteiger charge is 2.28. The summed E-state index contributed by atoms with van der Waals surface area (Å²) in [5.41, 5.74) is 11.9. The summed E-state index contributed by atoms with van der Waals surface area (Å²) in [5.74, 6) is -0.832. The summed E-state index contributed by atoms with van der Waals surface area (Å²) >= 11 is 0. The molecule has 0 atom stereocenters. The summed E-state index contributed by atoms with van der Waals surface area (Å²) in [6, 6.07) is 29.4. The lowest BCUT2D eigenvalue weighted by molar-refractivity contribution is -0.135. The number of aliphatic carboxylic acids is 1. The van der Waals surface area contributed by atoms with Crippen molar-refractivity contribution in [1.82, 2.24) is 0 Å². The van der Waals surface area contributed by atoms with Gasteiger partial charge in [0.25, 0.3) is 0 Å². The Balaban J connectivity index is 1.53. The van der Waals surface area contributed by atoms with E-state index in [4.69, 9.17) is 0 Å². The Morgan fingerprint density at radius 2 is 1.10 bits per heavy atom. The van der Waals surface area contributed by atoms with Crippen molar-refractivity contribution in [2.75, 3.05) is 11.4 Å². The maximum absolute atomic E-state index is 12.0. The zero-order valence-electron chi connectivity index (χ0n) is 17.0. The van der Waals surface area contributed by atoms with E-state index in [9.17, 15) is 9.90 Å². The molecule has 4 aromatic carbocycles. The Bertz CT molecular complexity index is 1260. The molecular weight excluding hydrogens is 382 g/mol. The van der Waals surface area contributed by atoms with Gasteiger partial charge < -0.3 is 10.0 Å². The van der Waals surface area contributed by atoms with Crippen LogP contribution in [0.5, 0.6) is 0 Å². The van der Waals surface area contributed by atoms with Crippen molar-refractivity contribution >= 4 is 17.3 Å². The molecule has 2 aliphatic carbocycles. The Morgan fingerprint density at radius 1 is 0.645 bits per heavy atom. The van der Waals surface area contributed by atoms with Crippen LogP contribution in [0.15, 0.2) is 84.9 Å². The predicted molar refractivity (Wildman–Crippen MR) is 124 cm³/mol. The van der Waals surface area contributed by atoms with E-state index in [2.05, 4.69) is 72.8 Å². The maximum Gasteiger partial charge on any atom is 0.323 e. The third kappa shape index (κ3) is 2.77. The van der Waals surface area contributed by atoms with Crippen LogP contribution in [-0.4, -0.2) is 17.6 Å². The molecule has 150 valence electrons. The molecule has 0 amide bonds. The van der Waals surface area contributed by atoms with E-state index in [0.29, 0.717) is 0 Å². The molecule has 0 spiro atoms. The van der Waals surface area contributed by atoms with Crippen molar-refractivity contribution in [3.8, 4) is 22.3 Å². The minimum atomic E-state index is -0.832. The Hall–Kier alpha value is -3.85. The van der Waals surface area contributed by atoms with E-state index < -0.39 is 5.97 Å². The minimum Gasteiger partial charge on any atom is -0.480 e. The van der Waals surface area contributed by atoms with Gasteiger partial charge in [-0.2, -0.15) is 0 Å². The highest BCUT2D eigenvalue weighted by molar-refractivity contribution is 5.90. The fraction of sp³-hybridized carbons (Fsp3) is 0.107. The lowest BCUT2D eigenvalue weighted by Crippen LogP contribution is -2.26. The second kappa shape index (κ2) is 6.85. The summed E-state index contributed by atoms with van der Waals surface area (Å²) in [7, 11) is 0. The first-order valence-corrected chi connectivity index (χ1v) is 10.6. The molecule has 0 heterocycles. The SMILES string of the molecule is O=C(O)CN(c1cccc2c1Cc1ccccc1-2)c1cccc2c1Cc1ccccc1-2. The number of rotatable bonds is 4. The van der Waals surface area contributed by atoms with Gasteiger partial charge in [-0.3, -0.25) is 4.79 Å². The number of carboxylic acids is 1. The fourth-order valence-corrected chi connectivity index (χ4v) is 5.22. The van der Waals surface area contributed by atoms with Gasteiger partial charge in [-0.05, 0) is 56.6 Å². The first-order valence-electron chi connectivity index (χ1n) is 10.6. The Labute approximate surface area is 181 Å². The zero-order chi connectivity index (χ0) is 20.9. The molecule has 0 saturated heterocycles. The van der Waals surface area contributed by atoms with Crippen LogP contribution in [0.1, 0.15) is 22.3 Å². The molecule has 31 heavy (non-hydrogen) atoms. The van der Waals surface area contributed by atoms with Gasteiger partial charge in [0, 0.05) is 24.2 Å². The molecule has 0 radical (unpaired) electrons. The average Bonchev–Trinajstić information content (AvgIpc) is 3.36. The van der Waals surface area contributed by atoms with Gasteiger partial charge in [0.2, 0.25) is 0 Å². The average molecular weight is 403 g/mol. The fourth-order valence-electron chi connectivity index (χ4n) is 5.22. The molecule has 2 aliphatic rings. The number of nitrogens with zero attached hydrogens (tertiary/aromatic N) is 1. The van der Waals surface area contributed by atoms with E-state index in [0.717, 1.165) is 24.2 Å². The smallest absolute Gasteiger partial charge is 0.323 e. The van der Waals surface area contributed by atoms with Crippen molar-refractivity contribution < 1.29 is 9.90 Å². The molecule has 0 bridgehead atoms. The molecule has 0 aliphatic heterocycles. The summed E-state index contributed by atoms with van der Waals surface area (Å²) in [6.45, 7) is -0.0698. The molecule has 0 fully saturated rings. The summed E-state index contributed by atoms with van der Waals surface area (Å²) in [5, 5.41) is 9.81. The lowest BCUT2D eigenvalue weighted by Gasteiger charge is -2.28. The molecule has 3 heteroatoms. The van der Waals surface area contributed by atoms with E-state index in [-0.39, 0.29) is 6.54 Å². The standard InChI is InChI=1S/C28H21NO2/c30-28(31)17-29(26-13-5-11-22-20-9-3-1-7-18(20)15-24(22)26)27-14-6-12-23-21-10-4-2-8-19(21)16-25(23)27/h1-14H,15-17H2,(H,30,31). The molecule has 1 N–H and O–H groups in total. The first-order chi connectivity index (χ1) is 15.2. The number of hydrogen-bond acceptors (Lipinski definition) is 2. The number of benzene rings is 4. The van der Waals surface area contributed by atoms with Crippen LogP contribution in [0, 0.1) is 0 Å². The largest absolute Gasteiger partial charge is 0.480 e. The molecule has 0 saturated carbocycles. The number of carboxylic acid groups (broad SMARTS) is 1. The van der Waals surface area contributed by atoms with Gasteiger partial charge >= 0.3 is 5.97 Å². The van der Waals surface area contributed by atoms with Crippen molar-refractivity contribution in [2.24, 2.45) is 0 Å². The number of fused-ring (bicyclic) bond motifs is 6. The Kier molecular flexibility index (Phi) is 3.97. The van der Waals surface area contributed by atoms with Crippen LogP contribution in [0.25, 0.3) is 22.3 Å².